The van der Waals surface area contributed by atoms with Gasteiger partial charge in [0.15, 0.2) is 0 Å². The second kappa shape index (κ2) is 9.25. The SMILES string of the molecule is O=C(CCc1ccc(Cl)cc1)N1CCCN(C(=O)c2cccc(Cl)c2)CC1. The lowest BCUT2D eigenvalue weighted by molar-refractivity contribution is -0.131. The molecule has 0 radical (unpaired) electrons. The number of hydrogen-bond acceptors (Lipinski definition) is 2. The summed E-state index contributed by atoms with van der Waals surface area (Å²) in [5.41, 5.74) is 1.69. The predicted octanol–water partition coefficient (Wildman–Crippen LogP) is 4.30. The summed E-state index contributed by atoms with van der Waals surface area (Å²) in [5, 5.41) is 1.25. The maximum Gasteiger partial charge on any atom is 0.253 e. The van der Waals surface area contributed by atoms with Crippen LogP contribution in [-0.2, 0) is 11.2 Å². The van der Waals surface area contributed by atoms with E-state index in [1.165, 1.54) is 0 Å². The number of amides is 2. The van der Waals surface area contributed by atoms with Crippen LogP contribution in [0.4, 0.5) is 0 Å². The van der Waals surface area contributed by atoms with Crippen LogP contribution in [0.5, 0.6) is 0 Å². The van der Waals surface area contributed by atoms with Crippen molar-refractivity contribution in [3.05, 3.63) is 69.7 Å². The number of rotatable bonds is 4. The van der Waals surface area contributed by atoms with Gasteiger partial charge in [0.05, 0.1) is 0 Å². The van der Waals surface area contributed by atoms with Gasteiger partial charge in [-0.15, -0.1) is 0 Å². The van der Waals surface area contributed by atoms with Crippen LogP contribution in [0.3, 0.4) is 0 Å². The number of benzene rings is 2. The number of halogens is 2. The molecule has 2 aromatic rings. The first-order valence-electron chi connectivity index (χ1n) is 9.10. The van der Waals surface area contributed by atoms with Crippen molar-refractivity contribution < 1.29 is 9.59 Å². The summed E-state index contributed by atoms with van der Waals surface area (Å²) < 4.78 is 0. The molecule has 0 unspecified atom stereocenters. The van der Waals surface area contributed by atoms with Crippen LogP contribution in [0.15, 0.2) is 48.5 Å². The van der Waals surface area contributed by atoms with Crippen molar-refractivity contribution in [1.82, 2.24) is 9.80 Å². The smallest absolute Gasteiger partial charge is 0.253 e. The number of carbonyl (C=O) groups excluding carboxylic acids is 2. The Bertz CT molecular complexity index is 808. The van der Waals surface area contributed by atoms with E-state index in [1.807, 2.05) is 29.2 Å². The molecule has 1 heterocycles. The molecular formula is C21H22Cl2N2O2. The standard InChI is InChI=1S/C21H22Cl2N2O2/c22-18-8-5-16(6-9-18)7-10-20(26)24-11-2-12-25(14-13-24)21(27)17-3-1-4-19(23)15-17/h1,3-6,8-9,15H,2,7,10-14H2. The molecule has 3 rings (SSSR count). The van der Waals surface area contributed by atoms with E-state index in [4.69, 9.17) is 23.2 Å². The topological polar surface area (TPSA) is 40.6 Å². The van der Waals surface area contributed by atoms with E-state index in [9.17, 15) is 9.59 Å². The Balaban J connectivity index is 1.53. The van der Waals surface area contributed by atoms with Gasteiger partial charge in [-0.3, -0.25) is 9.59 Å². The van der Waals surface area contributed by atoms with Crippen LogP contribution in [0.2, 0.25) is 10.0 Å². The van der Waals surface area contributed by atoms with Gasteiger partial charge in [0, 0.05) is 48.2 Å². The summed E-state index contributed by atoms with van der Waals surface area (Å²) in [6.45, 7) is 2.43. The molecule has 0 N–H and O–H groups in total. The summed E-state index contributed by atoms with van der Waals surface area (Å²) in [6.07, 6.45) is 1.93. The average molecular weight is 405 g/mol. The predicted molar refractivity (Wildman–Crippen MR) is 108 cm³/mol. The fourth-order valence-corrected chi connectivity index (χ4v) is 3.55. The van der Waals surface area contributed by atoms with Gasteiger partial charge in [0.2, 0.25) is 5.91 Å². The van der Waals surface area contributed by atoms with E-state index < -0.39 is 0 Å². The Kier molecular flexibility index (Phi) is 6.75. The zero-order valence-electron chi connectivity index (χ0n) is 15.0. The Morgan fingerprint density at radius 1 is 0.852 bits per heavy atom. The van der Waals surface area contributed by atoms with E-state index in [0.717, 1.165) is 12.0 Å². The molecule has 0 saturated carbocycles. The lowest BCUT2D eigenvalue weighted by atomic mass is 10.1. The minimum Gasteiger partial charge on any atom is -0.341 e. The largest absolute Gasteiger partial charge is 0.341 e. The quantitative estimate of drug-likeness (QED) is 0.761. The van der Waals surface area contributed by atoms with E-state index in [0.29, 0.717) is 54.6 Å². The first kappa shape index (κ1) is 19.7. The highest BCUT2D eigenvalue weighted by Gasteiger charge is 2.22. The molecule has 0 atom stereocenters. The molecule has 0 aromatic heterocycles. The van der Waals surface area contributed by atoms with Crippen LogP contribution < -0.4 is 0 Å². The molecule has 2 amide bonds. The summed E-state index contributed by atoms with van der Waals surface area (Å²) in [6, 6.07) is 14.6. The van der Waals surface area contributed by atoms with Gasteiger partial charge in [-0.2, -0.15) is 0 Å². The number of hydrogen-bond donors (Lipinski definition) is 0. The Morgan fingerprint density at radius 3 is 2.30 bits per heavy atom. The van der Waals surface area contributed by atoms with Crippen LogP contribution in [-0.4, -0.2) is 47.8 Å². The van der Waals surface area contributed by atoms with Crippen molar-refractivity contribution >= 4 is 35.0 Å². The van der Waals surface area contributed by atoms with Crippen LogP contribution in [0.25, 0.3) is 0 Å². The van der Waals surface area contributed by atoms with Crippen molar-refractivity contribution in [1.29, 1.82) is 0 Å². The summed E-state index contributed by atoms with van der Waals surface area (Å²) in [7, 11) is 0. The Morgan fingerprint density at radius 2 is 1.56 bits per heavy atom. The Hall–Kier alpha value is -2.04. The van der Waals surface area contributed by atoms with Crippen LogP contribution in [0, 0.1) is 0 Å². The molecule has 6 heteroatoms. The zero-order chi connectivity index (χ0) is 19.2. The van der Waals surface area contributed by atoms with Crippen LogP contribution >= 0.6 is 23.2 Å². The third kappa shape index (κ3) is 5.47. The molecule has 4 nitrogen and oxygen atoms in total. The van der Waals surface area contributed by atoms with Crippen LogP contribution in [0.1, 0.15) is 28.8 Å². The van der Waals surface area contributed by atoms with E-state index in [1.54, 1.807) is 29.2 Å². The van der Waals surface area contributed by atoms with Crippen molar-refractivity contribution in [3.63, 3.8) is 0 Å². The van der Waals surface area contributed by atoms with Gasteiger partial charge in [-0.05, 0) is 48.7 Å². The van der Waals surface area contributed by atoms with Gasteiger partial charge in [-0.25, -0.2) is 0 Å². The van der Waals surface area contributed by atoms with E-state index in [2.05, 4.69) is 0 Å². The minimum atomic E-state index is -0.0343. The summed E-state index contributed by atoms with van der Waals surface area (Å²) >= 11 is 11.9. The summed E-state index contributed by atoms with van der Waals surface area (Å²) in [4.78, 5) is 28.9. The van der Waals surface area contributed by atoms with Crippen molar-refractivity contribution in [2.45, 2.75) is 19.3 Å². The highest BCUT2D eigenvalue weighted by molar-refractivity contribution is 6.31. The second-order valence-corrected chi connectivity index (χ2v) is 7.54. The maximum absolute atomic E-state index is 12.7. The molecule has 142 valence electrons. The highest BCUT2D eigenvalue weighted by atomic mass is 35.5. The molecule has 2 aromatic carbocycles. The summed E-state index contributed by atoms with van der Waals surface area (Å²) in [5.74, 6) is 0.0926. The van der Waals surface area contributed by atoms with Gasteiger partial charge in [0.1, 0.15) is 0 Å². The number of aryl methyl sites for hydroxylation is 1. The number of nitrogens with zero attached hydrogens (tertiary/aromatic N) is 2. The van der Waals surface area contributed by atoms with E-state index in [-0.39, 0.29) is 11.8 Å². The molecule has 0 bridgehead atoms. The second-order valence-electron chi connectivity index (χ2n) is 6.66. The van der Waals surface area contributed by atoms with Gasteiger partial charge >= 0.3 is 0 Å². The molecule has 0 spiro atoms. The molecule has 1 aliphatic rings. The van der Waals surface area contributed by atoms with Crippen molar-refractivity contribution in [3.8, 4) is 0 Å². The fourth-order valence-electron chi connectivity index (χ4n) is 3.23. The highest BCUT2D eigenvalue weighted by Crippen LogP contribution is 2.15. The van der Waals surface area contributed by atoms with Crippen molar-refractivity contribution in [2.24, 2.45) is 0 Å². The van der Waals surface area contributed by atoms with E-state index >= 15 is 0 Å². The monoisotopic (exact) mass is 404 g/mol. The average Bonchev–Trinajstić information content (AvgIpc) is 2.93. The zero-order valence-corrected chi connectivity index (χ0v) is 16.5. The van der Waals surface area contributed by atoms with Crippen molar-refractivity contribution in [2.75, 3.05) is 26.2 Å². The first-order chi connectivity index (χ1) is 13.0. The Labute approximate surface area is 169 Å². The fraction of sp³-hybridized carbons (Fsp3) is 0.333. The van der Waals surface area contributed by atoms with Gasteiger partial charge < -0.3 is 9.80 Å². The van der Waals surface area contributed by atoms with Gasteiger partial charge in [0.25, 0.3) is 5.91 Å². The molecule has 0 aliphatic carbocycles. The van der Waals surface area contributed by atoms with Gasteiger partial charge in [-0.1, -0.05) is 41.4 Å². The first-order valence-corrected chi connectivity index (χ1v) is 9.85. The lowest BCUT2D eigenvalue weighted by Gasteiger charge is -2.22. The molecule has 27 heavy (non-hydrogen) atoms. The molecular weight excluding hydrogens is 383 g/mol. The third-order valence-corrected chi connectivity index (χ3v) is 5.24. The molecule has 1 aliphatic heterocycles. The molecule has 1 saturated heterocycles. The molecule has 1 fully saturated rings. The minimum absolute atomic E-state index is 0.0343. The number of carbonyl (C=O) groups is 2. The third-order valence-electron chi connectivity index (χ3n) is 4.75. The lowest BCUT2D eigenvalue weighted by Crippen LogP contribution is -2.37. The normalized spacial score (nSPS) is 14.7. The maximum atomic E-state index is 12.7.